The Kier molecular flexibility index (Phi) is 6.30. The summed E-state index contributed by atoms with van der Waals surface area (Å²) in [4.78, 5) is 5.04. The van der Waals surface area contributed by atoms with E-state index in [0.717, 1.165) is 39.1 Å². The normalized spacial score (nSPS) is 18.1. The summed E-state index contributed by atoms with van der Waals surface area (Å²) in [5, 5.41) is 9.52. The summed E-state index contributed by atoms with van der Waals surface area (Å²) in [6.45, 7) is 7.51. The van der Waals surface area contributed by atoms with E-state index < -0.39 is 0 Å². The molecule has 3 N–H and O–H groups in total. The molecule has 0 aliphatic carbocycles. The highest BCUT2D eigenvalue weighted by Crippen LogP contribution is 2.14. The molecule has 20 heavy (non-hydrogen) atoms. The number of phenolic OH excluding ortho intramolecular Hbond substituents is 1. The zero-order chi connectivity index (χ0) is 14.2. The summed E-state index contributed by atoms with van der Waals surface area (Å²) in [5.74, 6) is 0.362. The zero-order valence-corrected chi connectivity index (χ0v) is 12.3. The van der Waals surface area contributed by atoms with Gasteiger partial charge in [-0.15, -0.1) is 0 Å². The van der Waals surface area contributed by atoms with Crippen LogP contribution < -0.4 is 5.73 Å². The molecule has 0 amide bonds. The molecule has 1 aromatic carbocycles. The SMILES string of the molecule is NCCCCN1CCCN(Cc2cccc(O)c2)CC1. The number of nitrogens with two attached hydrogens (primary N) is 1. The summed E-state index contributed by atoms with van der Waals surface area (Å²) in [7, 11) is 0. The van der Waals surface area contributed by atoms with Crippen LogP contribution in [0, 0.1) is 0 Å². The van der Waals surface area contributed by atoms with Crippen LogP contribution in [-0.4, -0.2) is 54.2 Å². The number of unbranched alkanes of at least 4 members (excludes halogenated alkanes) is 1. The first kappa shape index (κ1) is 15.3. The van der Waals surface area contributed by atoms with E-state index in [9.17, 15) is 5.11 Å². The largest absolute Gasteiger partial charge is 0.508 e. The second kappa shape index (κ2) is 8.25. The fourth-order valence-electron chi connectivity index (χ4n) is 2.80. The van der Waals surface area contributed by atoms with Gasteiger partial charge in [-0.3, -0.25) is 4.90 Å². The van der Waals surface area contributed by atoms with Gasteiger partial charge in [0.15, 0.2) is 0 Å². The van der Waals surface area contributed by atoms with Gasteiger partial charge >= 0.3 is 0 Å². The third-order valence-electron chi connectivity index (χ3n) is 3.93. The lowest BCUT2D eigenvalue weighted by Crippen LogP contribution is -2.31. The summed E-state index contributed by atoms with van der Waals surface area (Å²) in [5.41, 5.74) is 6.74. The van der Waals surface area contributed by atoms with E-state index in [4.69, 9.17) is 5.73 Å². The van der Waals surface area contributed by atoms with E-state index in [-0.39, 0.29) is 0 Å². The third kappa shape index (κ3) is 5.12. The lowest BCUT2D eigenvalue weighted by atomic mass is 10.2. The van der Waals surface area contributed by atoms with Gasteiger partial charge < -0.3 is 15.7 Å². The molecule has 0 saturated carbocycles. The number of nitrogens with zero attached hydrogens (tertiary/aromatic N) is 2. The van der Waals surface area contributed by atoms with Crippen molar-refractivity contribution in [2.24, 2.45) is 5.73 Å². The minimum Gasteiger partial charge on any atom is -0.508 e. The number of hydrogen-bond acceptors (Lipinski definition) is 4. The number of hydrogen-bond donors (Lipinski definition) is 2. The van der Waals surface area contributed by atoms with Crippen molar-refractivity contribution < 1.29 is 5.11 Å². The van der Waals surface area contributed by atoms with Crippen molar-refractivity contribution >= 4 is 0 Å². The average Bonchev–Trinajstić information content (AvgIpc) is 2.65. The van der Waals surface area contributed by atoms with E-state index >= 15 is 0 Å². The number of phenols is 1. The van der Waals surface area contributed by atoms with Crippen LogP contribution in [-0.2, 0) is 6.54 Å². The molecule has 0 aromatic heterocycles. The Balaban J connectivity index is 1.77. The molecule has 4 nitrogen and oxygen atoms in total. The Labute approximate surface area is 122 Å². The molecule has 1 saturated heterocycles. The van der Waals surface area contributed by atoms with Crippen LogP contribution in [0.4, 0.5) is 0 Å². The van der Waals surface area contributed by atoms with Gasteiger partial charge in [0.25, 0.3) is 0 Å². The molecule has 0 radical (unpaired) electrons. The standard InChI is InChI=1S/C16H27N3O/c17-7-1-2-8-18-9-4-10-19(12-11-18)14-15-5-3-6-16(20)13-15/h3,5-6,13,20H,1-2,4,7-12,14,17H2. The van der Waals surface area contributed by atoms with Gasteiger partial charge in [0.2, 0.25) is 0 Å². The topological polar surface area (TPSA) is 52.7 Å². The molecular formula is C16H27N3O. The van der Waals surface area contributed by atoms with Crippen molar-refractivity contribution in [3.63, 3.8) is 0 Å². The summed E-state index contributed by atoms with van der Waals surface area (Å²) < 4.78 is 0. The van der Waals surface area contributed by atoms with Crippen LogP contribution in [0.2, 0.25) is 0 Å². The Morgan fingerprint density at radius 2 is 1.85 bits per heavy atom. The minimum atomic E-state index is 0.362. The molecule has 0 spiro atoms. The van der Waals surface area contributed by atoms with Crippen LogP contribution in [0.1, 0.15) is 24.8 Å². The summed E-state index contributed by atoms with van der Waals surface area (Å²) >= 11 is 0. The Hall–Kier alpha value is -1.10. The lowest BCUT2D eigenvalue weighted by Gasteiger charge is -2.21. The van der Waals surface area contributed by atoms with Crippen molar-refractivity contribution in [3.8, 4) is 5.75 Å². The maximum absolute atomic E-state index is 9.52. The smallest absolute Gasteiger partial charge is 0.115 e. The maximum atomic E-state index is 9.52. The quantitative estimate of drug-likeness (QED) is 0.776. The predicted molar refractivity (Wildman–Crippen MR) is 82.7 cm³/mol. The summed E-state index contributed by atoms with van der Waals surface area (Å²) in [6.07, 6.45) is 3.56. The highest BCUT2D eigenvalue weighted by Gasteiger charge is 2.14. The van der Waals surface area contributed by atoms with Crippen LogP contribution in [0.15, 0.2) is 24.3 Å². The van der Waals surface area contributed by atoms with Crippen molar-refractivity contribution in [2.75, 3.05) is 39.3 Å². The van der Waals surface area contributed by atoms with Gasteiger partial charge in [-0.1, -0.05) is 12.1 Å². The Bertz CT molecular complexity index is 397. The molecule has 0 atom stereocenters. The maximum Gasteiger partial charge on any atom is 0.115 e. The highest BCUT2D eigenvalue weighted by atomic mass is 16.3. The molecule has 1 aromatic rings. The monoisotopic (exact) mass is 277 g/mol. The van der Waals surface area contributed by atoms with Crippen molar-refractivity contribution in [1.82, 2.24) is 9.80 Å². The van der Waals surface area contributed by atoms with Crippen molar-refractivity contribution in [3.05, 3.63) is 29.8 Å². The first-order chi connectivity index (χ1) is 9.78. The van der Waals surface area contributed by atoms with E-state index in [1.807, 2.05) is 12.1 Å². The molecule has 1 aliphatic rings. The van der Waals surface area contributed by atoms with E-state index in [1.54, 1.807) is 6.07 Å². The first-order valence-corrected chi connectivity index (χ1v) is 7.70. The van der Waals surface area contributed by atoms with E-state index in [2.05, 4.69) is 15.9 Å². The molecular weight excluding hydrogens is 250 g/mol. The summed E-state index contributed by atoms with van der Waals surface area (Å²) in [6, 6.07) is 7.60. The average molecular weight is 277 g/mol. The number of rotatable bonds is 6. The Morgan fingerprint density at radius 1 is 1.05 bits per heavy atom. The van der Waals surface area contributed by atoms with Crippen LogP contribution in [0.5, 0.6) is 5.75 Å². The second-order valence-corrected chi connectivity index (χ2v) is 5.64. The van der Waals surface area contributed by atoms with Gasteiger partial charge in [-0.25, -0.2) is 0 Å². The molecule has 1 fully saturated rings. The molecule has 2 rings (SSSR count). The van der Waals surface area contributed by atoms with Crippen LogP contribution in [0.3, 0.4) is 0 Å². The molecule has 0 unspecified atom stereocenters. The third-order valence-corrected chi connectivity index (χ3v) is 3.93. The van der Waals surface area contributed by atoms with Gasteiger partial charge in [0, 0.05) is 19.6 Å². The lowest BCUT2D eigenvalue weighted by molar-refractivity contribution is 0.249. The fraction of sp³-hybridized carbons (Fsp3) is 0.625. The number of benzene rings is 1. The van der Waals surface area contributed by atoms with Gasteiger partial charge in [0.1, 0.15) is 5.75 Å². The Morgan fingerprint density at radius 3 is 2.65 bits per heavy atom. The fourth-order valence-corrected chi connectivity index (χ4v) is 2.80. The van der Waals surface area contributed by atoms with E-state index in [1.165, 1.54) is 31.5 Å². The molecule has 112 valence electrons. The van der Waals surface area contributed by atoms with Crippen LogP contribution in [0.25, 0.3) is 0 Å². The van der Waals surface area contributed by atoms with Gasteiger partial charge in [0.05, 0.1) is 0 Å². The molecule has 1 heterocycles. The second-order valence-electron chi connectivity index (χ2n) is 5.64. The highest BCUT2D eigenvalue weighted by molar-refractivity contribution is 5.26. The first-order valence-electron chi connectivity index (χ1n) is 7.70. The molecule has 1 aliphatic heterocycles. The van der Waals surface area contributed by atoms with Gasteiger partial charge in [-0.2, -0.15) is 0 Å². The predicted octanol–water partition coefficient (Wildman–Crippen LogP) is 1.64. The van der Waals surface area contributed by atoms with Crippen molar-refractivity contribution in [1.29, 1.82) is 0 Å². The zero-order valence-electron chi connectivity index (χ0n) is 12.3. The van der Waals surface area contributed by atoms with Crippen molar-refractivity contribution in [2.45, 2.75) is 25.8 Å². The van der Waals surface area contributed by atoms with E-state index in [0.29, 0.717) is 5.75 Å². The molecule has 0 bridgehead atoms. The van der Waals surface area contributed by atoms with Gasteiger partial charge in [-0.05, 0) is 63.1 Å². The molecule has 4 heteroatoms. The minimum absolute atomic E-state index is 0.362. The van der Waals surface area contributed by atoms with Crippen LogP contribution >= 0.6 is 0 Å². The number of aromatic hydroxyl groups is 1.